The molecule has 0 N–H and O–H groups in total. The molecule has 0 fully saturated rings. The van der Waals surface area contributed by atoms with Gasteiger partial charge >= 0.3 is 0 Å². The molecule has 3 rings (SSSR count). The van der Waals surface area contributed by atoms with E-state index in [4.69, 9.17) is 0 Å². The Morgan fingerprint density at radius 3 is 2.57 bits per heavy atom. The zero-order valence-corrected chi connectivity index (χ0v) is 13.4. The van der Waals surface area contributed by atoms with Gasteiger partial charge in [-0.15, -0.1) is 0 Å². The molecule has 0 saturated heterocycles. The second-order valence-corrected chi connectivity index (χ2v) is 6.33. The lowest BCUT2D eigenvalue weighted by Gasteiger charge is -2.24. The van der Waals surface area contributed by atoms with Gasteiger partial charge in [0, 0.05) is 16.6 Å². The van der Waals surface area contributed by atoms with E-state index in [1.807, 2.05) is 30.9 Å². The first-order chi connectivity index (χ1) is 9.97. The van der Waals surface area contributed by atoms with Gasteiger partial charge in [-0.3, -0.25) is 4.79 Å². The van der Waals surface area contributed by atoms with E-state index >= 15 is 0 Å². The molecule has 0 radical (unpaired) electrons. The van der Waals surface area contributed by atoms with Crippen LogP contribution >= 0.6 is 15.9 Å². The van der Waals surface area contributed by atoms with Gasteiger partial charge in [0.1, 0.15) is 5.82 Å². The van der Waals surface area contributed by atoms with Gasteiger partial charge in [0.25, 0.3) is 5.91 Å². The van der Waals surface area contributed by atoms with E-state index in [2.05, 4.69) is 15.9 Å². The van der Waals surface area contributed by atoms with Gasteiger partial charge < -0.3 is 4.90 Å². The van der Waals surface area contributed by atoms with Crippen LogP contribution in [0.15, 0.2) is 40.9 Å². The van der Waals surface area contributed by atoms with E-state index in [0.717, 1.165) is 26.7 Å². The molecule has 108 valence electrons. The molecule has 0 bridgehead atoms. The summed E-state index contributed by atoms with van der Waals surface area (Å²) in [6.45, 7) is 4.52. The van der Waals surface area contributed by atoms with Crippen molar-refractivity contribution >= 4 is 21.8 Å². The largest absolute Gasteiger partial charge is 0.328 e. The predicted octanol–water partition coefficient (Wildman–Crippen LogP) is 4.61. The van der Waals surface area contributed by atoms with Gasteiger partial charge in [0.2, 0.25) is 0 Å². The number of fused-ring (bicyclic) bond motifs is 1. The number of rotatable bonds is 2. The van der Waals surface area contributed by atoms with Crippen LogP contribution in [0.5, 0.6) is 0 Å². The Morgan fingerprint density at radius 2 is 1.90 bits per heavy atom. The predicted molar refractivity (Wildman–Crippen MR) is 83.6 cm³/mol. The third-order valence-corrected chi connectivity index (χ3v) is 4.48. The molecule has 1 amide bonds. The SMILES string of the molecule is Cc1cc(Br)cc2c1C(=O)N([C@H](C)c1ccc(F)cc1)C2. The summed E-state index contributed by atoms with van der Waals surface area (Å²) in [5.41, 5.74) is 3.76. The van der Waals surface area contributed by atoms with Crippen LogP contribution < -0.4 is 0 Å². The van der Waals surface area contributed by atoms with Crippen LogP contribution in [-0.2, 0) is 6.54 Å². The van der Waals surface area contributed by atoms with Crippen LogP contribution in [0.25, 0.3) is 0 Å². The van der Waals surface area contributed by atoms with E-state index in [-0.39, 0.29) is 17.8 Å². The number of carbonyl (C=O) groups excluding carboxylic acids is 1. The standard InChI is InChI=1S/C17H15BrFNO/c1-10-7-14(18)8-13-9-20(17(21)16(10)13)11(2)12-3-5-15(19)6-4-12/h3-8,11H,9H2,1-2H3/t11-/m1/s1. The second kappa shape index (κ2) is 5.26. The summed E-state index contributed by atoms with van der Waals surface area (Å²) in [7, 11) is 0. The first-order valence-electron chi connectivity index (χ1n) is 6.83. The zero-order chi connectivity index (χ0) is 15.1. The lowest BCUT2D eigenvalue weighted by molar-refractivity contribution is 0.0715. The Balaban J connectivity index is 1.94. The highest BCUT2D eigenvalue weighted by atomic mass is 79.9. The topological polar surface area (TPSA) is 20.3 Å². The number of aryl methyl sites for hydroxylation is 1. The van der Waals surface area contributed by atoms with E-state index in [9.17, 15) is 9.18 Å². The highest BCUT2D eigenvalue weighted by Crippen LogP contribution is 2.34. The minimum atomic E-state index is -0.262. The Hall–Kier alpha value is -1.68. The Labute approximate surface area is 131 Å². The fourth-order valence-electron chi connectivity index (χ4n) is 2.88. The van der Waals surface area contributed by atoms with E-state index in [1.165, 1.54) is 12.1 Å². The average molecular weight is 348 g/mol. The number of hydrogen-bond donors (Lipinski definition) is 0. The number of hydrogen-bond acceptors (Lipinski definition) is 1. The number of carbonyl (C=O) groups is 1. The van der Waals surface area contributed by atoms with E-state index in [0.29, 0.717) is 6.54 Å². The smallest absolute Gasteiger partial charge is 0.255 e. The quantitative estimate of drug-likeness (QED) is 0.776. The van der Waals surface area contributed by atoms with Crippen molar-refractivity contribution in [3.05, 3.63) is 68.9 Å². The highest BCUT2D eigenvalue weighted by molar-refractivity contribution is 9.10. The molecular weight excluding hydrogens is 333 g/mol. The lowest BCUT2D eigenvalue weighted by Crippen LogP contribution is -2.27. The maximum atomic E-state index is 13.0. The highest BCUT2D eigenvalue weighted by Gasteiger charge is 2.32. The second-order valence-electron chi connectivity index (χ2n) is 5.42. The molecule has 1 aliphatic heterocycles. The van der Waals surface area contributed by atoms with E-state index < -0.39 is 0 Å². The molecule has 1 aliphatic rings. The van der Waals surface area contributed by atoms with Crippen molar-refractivity contribution in [1.82, 2.24) is 4.90 Å². The molecule has 0 unspecified atom stereocenters. The molecule has 21 heavy (non-hydrogen) atoms. The van der Waals surface area contributed by atoms with Gasteiger partial charge in [-0.05, 0) is 54.8 Å². The van der Waals surface area contributed by atoms with Crippen LogP contribution in [0.3, 0.4) is 0 Å². The molecule has 1 heterocycles. The molecule has 4 heteroatoms. The third kappa shape index (κ3) is 2.48. The molecule has 2 nitrogen and oxygen atoms in total. The molecule has 0 spiro atoms. The summed E-state index contributed by atoms with van der Waals surface area (Å²) in [6.07, 6.45) is 0. The summed E-state index contributed by atoms with van der Waals surface area (Å²) in [5.74, 6) is -0.214. The molecule has 0 aliphatic carbocycles. The molecular formula is C17H15BrFNO. The first-order valence-corrected chi connectivity index (χ1v) is 7.62. The van der Waals surface area contributed by atoms with Crippen molar-refractivity contribution in [3.8, 4) is 0 Å². The number of nitrogens with zero attached hydrogens (tertiary/aromatic N) is 1. The molecule has 2 aromatic carbocycles. The van der Waals surface area contributed by atoms with Crippen LogP contribution in [0.4, 0.5) is 4.39 Å². The van der Waals surface area contributed by atoms with Gasteiger partial charge in [0.05, 0.1) is 6.04 Å². The van der Waals surface area contributed by atoms with Crippen molar-refractivity contribution in [2.75, 3.05) is 0 Å². The Bertz CT molecular complexity index is 711. The maximum Gasteiger partial charge on any atom is 0.255 e. The van der Waals surface area contributed by atoms with Crippen molar-refractivity contribution in [1.29, 1.82) is 0 Å². The van der Waals surface area contributed by atoms with Crippen molar-refractivity contribution < 1.29 is 9.18 Å². The Kier molecular flexibility index (Phi) is 3.57. The normalized spacial score (nSPS) is 15.2. The zero-order valence-electron chi connectivity index (χ0n) is 11.9. The minimum absolute atomic E-state index is 0.0480. The van der Waals surface area contributed by atoms with Gasteiger partial charge in [0.15, 0.2) is 0 Å². The van der Waals surface area contributed by atoms with Gasteiger partial charge in [-0.1, -0.05) is 28.1 Å². The van der Waals surface area contributed by atoms with Crippen LogP contribution in [0.2, 0.25) is 0 Å². The number of benzene rings is 2. The first kappa shape index (κ1) is 14.3. The summed E-state index contributed by atoms with van der Waals surface area (Å²) in [5, 5.41) is 0. The monoisotopic (exact) mass is 347 g/mol. The van der Waals surface area contributed by atoms with Crippen LogP contribution in [0, 0.1) is 12.7 Å². The van der Waals surface area contributed by atoms with Crippen molar-refractivity contribution in [2.45, 2.75) is 26.4 Å². The minimum Gasteiger partial charge on any atom is -0.328 e. The van der Waals surface area contributed by atoms with Gasteiger partial charge in [-0.2, -0.15) is 0 Å². The third-order valence-electron chi connectivity index (χ3n) is 4.02. The maximum absolute atomic E-state index is 13.0. The molecule has 0 saturated carbocycles. The lowest BCUT2D eigenvalue weighted by atomic mass is 10.0. The average Bonchev–Trinajstić information content (AvgIpc) is 2.76. The molecule has 2 aromatic rings. The molecule has 0 aromatic heterocycles. The summed E-state index contributed by atoms with van der Waals surface area (Å²) in [6, 6.07) is 10.2. The molecule has 1 atom stereocenters. The van der Waals surface area contributed by atoms with Crippen molar-refractivity contribution in [2.24, 2.45) is 0 Å². The summed E-state index contributed by atoms with van der Waals surface area (Å²) >= 11 is 3.47. The summed E-state index contributed by atoms with van der Waals surface area (Å²) in [4.78, 5) is 14.5. The van der Waals surface area contributed by atoms with Crippen LogP contribution in [0.1, 0.15) is 40.0 Å². The number of amides is 1. The fraction of sp³-hybridized carbons (Fsp3) is 0.235. The van der Waals surface area contributed by atoms with Crippen molar-refractivity contribution in [3.63, 3.8) is 0 Å². The number of halogens is 2. The van der Waals surface area contributed by atoms with Crippen LogP contribution in [-0.4, -0.2) is 10.8 Å². The fourth-order valence-corrected chi connectivity index (χ4v) is 3.50. The Morgan fingerprint density at radius 1 is 1.24 bits per heavy atom. The summed E-state index contributed by atoms with van der Waals surface area (Å²) < 4.78 is 14.0. The van der Waals surface area contributed by atoms with E-state index in [1.54, 1.807) is 12.1 Å². The van der Waals surface area contributed by atoms with Gasteiger partial charge in [-0.25, -0.2) is 4.39 Å².